The Hall–Kier alpha value is 1.07. The van der Waals surface area contributed by atoms with Gasteiger partial charge in [-0.05, 0) is 23.5 Å². The minimum atomic E-state index is 0. The summed E-state index contributed by atoms with van der Waals surface area (Å²) in [4.78, 5) is 0. The van der Waals surface area contributed by atoms with Crippen LogP contribution in [0, 0.1) is 0 Å². The lowest BCUT2D eigenvalue weighted by Crippen LogP contribution is -1.90. The molecule has 8 heavy (non-hydrogen) atoms. The molecule has 0 heterocycles. The summed E-state index contributed by atoms with van der Waals surface area (Å²) in [6.45, 7) is 0. The standard InChI is InChI=1S/C2H8N2P2.2ClH/c1-4(2)6-3-5;;/h5H2,1-2H3;2*1H. The third-order valence-corrected chi connectivity index (χ3v) is 1.00. The summed E-state index contributed by atoms with van der Waals surface area (Å²) in [5.74, 6) is 0. The largest absolute Gasteiger partial charge is 0.248 e. The molecule has 0 aliphatic carbocycles. The van der Waals surface area contributed by atoms with Crippen molar-refractivity contribution in [3.8, 4) is 0 Å². The topological polar surface area (TPSA) is 15.6 Å². The second-order valence-electron chi connectivity index (χ2n) is 1.05. The fourth-order valence-electron chi connectivity index (χ4n) is 0.103. The Labute approximate surface area is 66.4 Å². The molecule has 0 saturated carbocycles. The van der Waals surface area contributed by atoms with E-state index in [-0.39, 0.29) is 24.8 Å². The van der Waals surface area contributed by atoms with Gasteiger partial charge in [0.15, 0.2) is 0 Å². The SMILES string of the molecule is CN(C)P=NP.Cl.Cl. The molecule has 0 aromatic carbocycles. The normalized spacial score (nSPS) is 8.50. The van der Waals surface area contributed by atoms with Crippen LogP contribution in [-0.4, -0.2) is 18.8 Å². The molecule has 0 aromatic rings. The van der Waals surface area contributed by atoms with E-state index < -0.39 is 0 Å². The molecular weight excluding hydrogens is 185 g/mol. The van der Waals surface area contributed by atoms with Gasteiger partial charge in [0.25, 0.3) is 0 Å². The van der Waals surface area contributed by atoms with Crippen molar-refractivity contribution in [2.45, 2.75) is 0 Å². The van der Waals surface area contributed by atoms with Crippen LogP contribution in [0.15, 0.2) is 4.52 Å². The average molecular weight is 195 g/mol. The van der Waals surface area contributed by atoms with Gasteiger partial charge in [-0.3, -0.25) is 0 Å². The maximum Gasteiger partial charge on any atom is 0.0962 e. The lowest BCUT2D eigenvalue weighted by Gasteiger charge is -1.92. The first-order valence-electron chi connectivity index (χ1n) is 1.55. The van der Waals surface area contributed by atoms with E-state index in [1.165, 1.54) is 0 Å². The van der Waals surface area contributed by atoms with E-state index in [2.05, 4.69) is 13.9 Å². The molecule has 1 atom stereocenters. The monoisotopic (exact) mass is 194 g/mol. The van der Waals surface area contributed by atoms with E-state index >= 15 is 0 Å². The Morgan fingerprint density at radius 1 is 1.38 bits per heavy atom. The smallest absolute Gasteiger partial charge is 0.0962 e. The Bertz CT molecular complexity index is 58.0. The first-order chi connectivity index (χ1) is 2.77. The average Bonchev–Trinajstić information content (AvgIpc) is 1.35. The number of halogens is 2. The first-order valence-corrected chi connectivity index (χ1v) is 2.87. The van der Waals surface area contributed by atoms with Crippen LogP contribution in [0.2, 0.25) is 0 Å². The summed E-state index contributed by atoms with van der Waals surface area (Å²) in [6.07, 6.45) is 0. The second-order valence-corrected chi connectivity index (χ2v) is 2.95. The third-order valence-electron chi connectivity index (χ3n) is 0.231. The van der Waals surface area contributed by atoms with E-state index in [9.17, 15) is 0 Å². The zero-order chi connectivity index (χ0) is 4.99. The Morgan fingerprint density at radius 3 is 1.75 bits per heavy atom. The van der Waals surface area contributed by atoms with Crippen molar-refractivity contribution in [1.82, 2.24) is 4.67 Å². The van der Waals surface area contributed by atoms with Gasteiger partial charge in [-0.2, -0.15) is 0 Å². The molecule has 52 valence electrons. The number of rotatable bonds is 1. The van der Waals surface area contributed by atoms with Crippen LogP contribution < -0.4 is 0 Å². The molecule has 0 rings (SSSR count). The summed E-state index contributed by atoms with van der Waals surface area (Å²) in [5, 5.41) is 0. The molecule has 1 unspecified atom stereocenters. The van der Waals surface area contributed by atoms with Gasteiger partial charge >= 0.3 is 0 Å². The fourth-order valence-corrected chi connectivity index (χ4v) is 0.930. The first kappa shape index (κ1) is 16.0. The highest BCUT2D eigenvalue weighted by Crippen LogP contribution is 2.04. The lowest BCUT2D eigenvalue weighted by atomic mass is 11.3. The number of hydrogen-bond donors (Lipinski definition) is 0. The Balaban J connectivity index is -0.000000125. The zero-order valence-electron chi connectivity index (χ0n) is 4.74. The van der Waals surface area contributed by atoms with Crippen LogP contribution in [0.1, 0.15) is 0 Å². The molecule has 2 nitrogen and oxygen atoms in total. The molecular formula is C2H10Cl2N2P2. The van der Waals surface area contributed by atoms with Crippen molar-refractivity contribution in [2.24, 2.45) is 4.52 Å². The van der Waals surface area contributed by atoms with Crippen LogP contribution in [-0.2, 0) is 0 Å². The zero-order valence-corrected chi connectivity index (χ0v) is 8.42. The Kier molecular flexibility index (Phi) is 21.9. The van der Waals surface area contributed by atoms with Crippen LogP contribution in [0.3, 0.4) is 0 Å². The van der Waals surface area contributed by atoms with Gasteiger partial charge < -0.3 is 0 Å². The van der Waals surface area contributed by atoms with Crippen molar-refractivity contribution < 1.29 is 0 Å². The molecule has 0 radical (unpaired) electrons. The maximum absolute atomic E-state index is 3.75. The molecule has 0 aromatic heterocycles. The minimum absolute atomic E-state index is 0. The summed E-state index contributed by atoms with van der Waals surface area (Å²) in [5.41, 5.74) is 0. The van der Waals surface area contributed by atoms with Crippen LogP contribution >= 0.6 is 42.7 Å². The van der Waals surface area contributed by atoms with Gasteiger partial charge in [0, 0.05) is 0 Å². The van der Waals surface area contributed by atoms with Crippen molar-refractivity contribution in [3.05, 3.63) is 0 Å². The van der Waals surface area contributed by atoms with Gasteiger partial charge in [-0.15, -0.1) is 24.8 Å². The predicted molar refractivity (Wildman–Crippen MR) is 47.2 cm³/mol. The lowest BCUT2D eigenvalue weighted by molar-refractivity contribution is 0.697. The highest BCUT2D eigenvalue weighted by molar-refractivity contribution is 7.33. The molecule has 0 spiro atoms. The molecule has 0 fully saturated rings. The van der Waals surface area contributed by atoms with E-state index in [1.54, 1.807) is 0 Å². The van der Waals surface area contributed by atoms with E-state index in [1.807, 2.05) is 18.8 Å². The van der Waals surface area contributed by atoms with Gasteiger partial charge in [0.2, 0.25) is 0 Å². The van der Waals surface area contributed by atoms with Gasteiger partial charge in [0.1, 0.15) is 0 Å². The van der Waals surface area contributed by atoms with E-state index in [4.69, 9.17) is 0 Å². The van der Waals surface area contributed by atoms with Crippen LogP contribution in [0.4, 0.5) is 0 Å². The van der Waals surface area contributed by atoms with E-state index in [0.717, 1.165) is 8.52 Å². The summed E-state index contributed by atoms with van der Waals surface area (Å²) < 4.78 is 5.72. The molecule has 6 heteroatoms. The highest BCUT2D eigenvalue weighted by Gasteiger charge is 1.72. The van der Waals surface area contributed by atoms with Crippen molar-refractivity contribution in [3.63, 3.8) is 0 Å². The minimum Gasteiger partial charge on any atom is -0.248 e. The van der Waals surface area contributed by atoms with Crippen LogP contribution in [0.5, 0.6) is 0 Å². The molecule has 0 amide bonds. The highest BCUT2D eigenvalue weighted by atomic mass is 35.5. The van der Waals surface area contributed by atoms with Gasteiger partial charge in [-0.25, -0.2) is 9.19 Å². The number of hydrogen-bond acceptors (Lipinski definition) is 1. The number of nitrogens with zero attached hydrogens (tertiary/aromatic N) is 2. The predicted octanol–water partition coefficient (Wildman–Crippen LogP) is 2.23. The molecule has 0 aliphatic heterocycles. The van der Waals surface area contributed by atoms with Crippen molar-refractivity contribution >= 4 is 42.7 Å². The molecule has 0 aliphatic rings. The fraction of sp³-hybridized carbons (Fsp3) is 1.00. The van der Waals surface area contributed by atoms with Gasteiger partial charge in [-0.1, -0.05) is 0 Å². The second kappa shape index (κ2) is 10.9. The van der Waals surface area contributed by atoms with Crippen molar-refractivity contribution in [1.29, 1.82) is 0 Å². The van der Waals surface area contributed by atoms with Crippen LogP contribution in [0.25, 0.3) is 0 Å². The molecule has 0 bridgehead atoms. The van der Waals surface area contributed by atoms with E-state index in [0.29, 0.717) is 0 Å². The summed E-state index contributed by atoms with van der Waals surface area (Å²) >= 11 is 0. The molecule has 0 N–H and O–H groups in total. The maximum atomic E-state index is 3.75. The summed E-state index contributed by atoms with van der Waals surface area (Å²) in [6, 6.07) is 0. The Morgan fingerprint density at radius 2 is 1.75 bits per heavy atom. The van der Waals surface area contributed by atoms with Gasteiger partial charge in [0.05, 0.1) is 8.52 Å². The molecule has 0 saturated heterocycles. The third kappa shape index (κ3) is 15.7. The van der Waals surface area contributed by atoms with Crippen molar-refractivity contribution in [2.75, 3.05) is 14.1 Å². The quantitative estimate of drug-likeness (QED) is 0.585. The summed E-state index contributed by atoms with van der Waals surface area (Å²) in [7, 11) is 7.23.